The molecule has 0 amide bonds. The predicted octanol–water partition coefficient (Wildman–Crippen LogP) is 2.50. The van der Waals surface area contributed by atoms with Crippen LogP contribution in [-0.2, 0) is 11.3 Å². The number of benzene rings is 2. The first-order valence-electron chi connectivity index (χ1n) is 11.6. The van der Waals surface area contributed by atoms with E-state index in [1.165, 1.54) is 16.7 Å². The van der Waals surface area contributed by atoms with Crippen LogP contribution in [0.25, 0.3) is 11.1 Å². The van der Waals surface area contributed by atoms with Gasteiger partial charge in [0.2, 0.25) is 0 Å². The fraction of sp³-hybridized carbons (Fsp3) is 0.538. The van der Waals surface area contributed by atoms with Gasteiger partial charge in [0.25, 0.3) is 0 Å². The summed E-state index contributed by atoms with van der Waals surface area (Å²) in [5, 5.41) is 40.0. The topological polar surface area (TPSA) is 93.4 Å². The van der Waals surface area contributed by atoms with Gasteiger partial charge in [0, 0.05) is 13.2 Å². The Morgan fingerprint density at radius 1 is 0.969 bits per heavy atom. The lowest BCUT2D eigenvalue weighted by molar-refractivity contribution is -0.157. The van der Waals surface area contributed by atoms with Crippen LogP contribution in [0.15, 0.2) is 48.5 Å². The van der Waals surface area contributed by atoms with Gasteiger partial charge in [0.05, 0.1) is 24.9 Å². The number of β-amino-alcohol motifs (C(OH)–C–C–N with tert-alkyl or cyclic N) is 1. The van der Waals surface area contributed by atoms with Gasteiger partial charge in [0.15, 0.2) is 0 Å². The molecule has 1 aliphatic rings. The first-order chi connectivity index (χ1) is 15.4. The van der Waals surface area contributed by atoms with Crippen LogP contribution in [0.4, 0.5) is 0 Å². The molecule has 1 heterocycles. The number of aliphatic hydroxyl groups is 4. The summed E-state index contributed by atoms with van der Waals surface area (Å²) in [5.41, 5.74) is 4.88. The highest BCUT2D eigenvalue weighted by Crippen LogP contribution is 2.24. The van der Waals surface area contributed by atoms with Crippen molar-refractivity contribution >= 4 is 0 Å². The van der Waals surface area contributed by atoms with Crippen LogP contribution in [0.5, 0.6) is 0 Å². The third kappa shape index (κ3) is 6.38. The first kappa shape index (κ1) is 24.8. The lowest BCUT2D eigenvalue weighted by Gasteiger charge is -2.45. The third-order valence-electron chi connectivity index (χ3n) is 6.34. The maximum atomic E-state index is 10.2. The fourth-order valence-electron chi connectivity index (χ4n) is 4.51. The molecule has 176 valence electrons. The molecule has 1 aliphatic heterocycles. The van der Waals surface area contributed by atoms with Crippen LogP contribution in [0.2, 0.25) is 0 Å². The zero-order valence-corrected chi connectivity index (χ0v) is 19.1. The molecule has 6 nitrogen and oxygen atoms in total. The van der Waals surface area contributed by atoms with Gasteiger partial charge >= 0.3 is 0 Å². The Bertz CT molecular complexity index is 825. The van der Waals surface area contributed by atoms with Crippen molar-refractivity contribution in [1.29, 1.82) is 0 Å². The number of piperidine rings is 1. The van der Waals surface area contributed by atoms with Crippen molar-refractivity contribution in [3.63, 3.8) is 0 Å². The Morgan fingerprint density at radius 2 is 1.69 bits per heavy atom. The molecule has 0 bridgehead atoms. The Hall–Kier alpha value is -1.80. The van der Waals surface area contributed by atoms with Crippen molar-refractivity contribution in [3.8, 4) is 11.1 Å². The van der Waals surface area contributed by atoms with E-state index in [4.69, 9.17) is 4.74 Å². The van der Waals surface area contributed by atoms with Gasteiger partial charge < -0.3 is 25.2 Å². The largest absolute Gasteiger partial charge is 0.392 e. The van der Waals surface area contributed by atoms with Gasteiger partial charge in [-0.05, 0) is 61.9 Å². The van der Waals surface area contributed by atoms with Crippen LogP contribution in [0, 0.1) is 6.92 Å². The molecule has 4 N–H and O–H groups in total. The van der Waals surface area contributed by atoms with E-state index in [2.05, 4.69) is 55.5 Å². The van der Waals surface area contributed by atoms with Crippen LogP contribution in [0.1, 0.15) is 37.3 Å². The average Bonchev–Trinajstić information content (AvgIpc) is 2.77. The number of ether oxygens (including phenoxy) is 1. The molecular weight excluding hydrogens is 406 g/mol. The van der Waals surface area contributed by atoms with Gasteiger partial charge in [-0.25, -0.2) is 0 Å². The number of likely N-dealkylation sites (tertiary alicyclic amines) is 1. The Morgan fingerprint density at radius 3 is 2.38 bits per heavy atom. The second kappa shape index (κ2) is 11.9. The van der Waals surface area contributed by atoms with Crippen molar-refractivity contribution in [2.45, 2.75) is 70.2 Å². The molecule has 2 aromatic carbocycles. The van der Waals surface area contributed by atoms with Gasteiger partial charge in [-0.3, -0.25) is 4.90 Å². The molecule has 5 atom stereocenters. The summed E-state index contributed by atoms with van der Waals surface area (Å²) in [6.07, 6.45) is -1.42. The second-order valence-electron chi connectivity index (χ2n) is 8.90. The molecule has 1 fully saturated rings. The zero-order valence-electron chi connectivity index (χ0n) is 19.1. The first-order valence-corrected chi connectivity index (χ1v) is 11.6. The number of hydrogen-bond donors (Lipinski definition) is 4. The second-order valence-corrected chi connectivity index (χ2v) is 8.90. The van der Waals surface area contributed by atoms with Gasteiger partial charge in [-0.2, -0.15) is 0 Å². The zero-order chi connectivity index (χ0) is 23.1. The van der Waals surface area contributed by atoms with Crippen molar-refractivity contribution in [1.82, 2.24) is 4.90 Å². The van der Waals surface area contributed by atoms with Crippen LogP contribution < -0.4 is 0 Å². The molecule has 2 aromatic rings. The van der Waals surface area contributed by atoms with Crippen LogP contribution >= 0.6 is 0 Å². The number of hydrogen-bond acceptors (Lipinski definition) is 6. The van der Waals surface area contributed by atoms with Crippen molar-refractivity contribution < 1.29 is 25.2 Å². The van der Waals surface area contributed by atoms with Gasteiger partial charge in [-0.1, -0.05) is 48.5 Å². The van der Waals surface area contributed by atoms with E-state index in [0.717, 1.165) is 24.8 Å². The van der Waals surface area contributed by atoms with Gasteiger partial charge in [-0.15, -0.1) is 0 Å². The lowest BCUT2D eigenvalue weighted by atomic mass is 9.90. The summed E-state index contributed by atoms with van der Waals surface area (Å²) in [4.78, 5) is 1.88. The molecule has 0 saturated carbocycles. The molecule has 3 rings (SSSR count). The monoisotopic (exact) mass is 443 g/mol. The molecule has 6 heteroatoms. The molecule has 0 aromatic heterocycles. The summed E-state index contributed by atoms with van der Waals surface area (Å²) >= 11 is 0. The van der Waals surface area contributed by atoms with E-state index in [9.17, 15) is 20.4 Å². The Labute approximate surface area is 191 Å². The summed E-state index contributed by atoms with van der Waals surface area (Å²) < 4.78 is 5.82. The smallest absolute Gasteiger partial charge is 0.109 e. The van der Waals surface area contributed by atoms with E-state index in [0.29, 0.717) is 19.8 Å². The normalized spacial score (nSPS) is 25.1. The molecule has 0 radical (unpaired) electrons. The molecular formula is C26H37NO5. The number of aryl methyl sites for hydroxylation is 1. The highest BCUT2D eigenvalue weighted by molar-refractivity contribution is 5.67. The highest BCUT2D eigenvalue weighted by Gasteiger charge is 2.43. The summed E-state index contributed by atoms with van der Waals surface area (Å²) in [5.74, 6) is 0. The van der Waals surface area contributed by atoms with Crippen molar-refractivity contribution in [2.24, 2.45) is 0 Å². The summed E-state index contributed by atoms with van der Waals surface area (Å²) in [6.45, 7) is 5.88. The molecule has 0 unspecified atom stereocenters. The number of nitrogens with zero attached hydrogens (tertiary/aromatic N) is 1. The maximum Gasteiger partial charge on any atom is 0.109 e. The summed E-state index contributed by atoms with van der Waals surface area (Å²) in [6, 6.07) is 16.3. The van der Waals surface area contributed by atoms with E-state index >= 15 is 0 Å². The number of aliphatic hydroxyl groups excluding tert-OH is 4. The van der Waals surface area contributed by atoms with E-state index in [-0.39, 0.29) is 6.54 Å². The van der Waals surface area contributed by atoms with Crippen LogP contribution in [-0.4, -0.2) is 75.5 Å². The third-order valence-corrected chi connectivity index (χ3v) is 6.34. The molecule has 0 aliphatic carbocycles. The van der Waals surface area contributed by atoms with E-state index < -0.39 is 30.5 Å². The Kier molecular flexibility index (Phi) is 9.22. The SMILES string of the molecule is Cc1ccccc1-c1ccc(COCCCCCN2C[C@H](O)[C@@H](O)[C@H](O)[C@@H]2[C@@H](C)O)cc1. The predicted molar refractivity (Wildman–Crippen MR) is 125 cm³/mol. The Balaban J connectivity index is 1.35. The average molecular weight is 444 g/mol. The number of unbranched alkanes of at least 4 members (excludes halogenated alkanes) is 2. The van der Waals surface area contributed by atoms with Gasteiger partial charge in [0.1, 0.15) is 12.2 Å². The molecule has 32 heavy (non-hydrogen) atoms. The molecule has 0 spiro atoms. The van der Waals surface area contributed by atoms with Crippen molar-refractivity contribution in [3.05, 3.63) is 59.7 Å². The minimum atomic E-state index is -1.22. The lowest BCUT2D eigenvalue weighted by Crippen LogP contribution is -2.64. The number of rotatable bonds is 10. The van der Waals surface area contributed by atoms with Crippen LogP contribution in [0.3, 0.4) is 0 Å². The minimum Gasteiger partial charge on any atom is -0.392 e. The maximum absolute atomic E-state index is 10.2. The summed E-state index contributed by atoms with van der Waals surface area (Å²) in [7, 11) is 0. The fourth-order valence-corrected chi connectivity index (χ4v) is 4.51. The standard InChI is InChI=1S/C26H37NO5/c1-18-8-4-5-9-22(18)21-12-10-20(11-13-21)17-32-15-7-3-6-14-27-16-23(29)25(30)26(31)24(27)19(2)28/h4-5,8-13,19,23-26,28-31H,3,6-7,14-17H2,1-2H3/t19-,23+,24+,25-,26-/m1/s1. The van der Waals surface area contributed by atoms with E-state index in [1.807, 2.05) is 4.90 Å². The molecule has 1 saturated heterocycles. The van der Waals surface area contributed by atoms with E-state index in [1.54, 1.807) is 6.92 Å². The quantitative estimate of drug-likeness (QED) is 0.422. The van der Waals surface area contributed by atoms with Crippen molar-refractivity contribution in [2.75, 3.05) is 19.7 Å². The minimum absolute atomic E-state index is 0.253. The highest BCUT2D eigenvalue weighted by atomic mass is 16.5.